The Hall–Kier alpha value is -3.80. The molecule has 0 aliphatic heterocycles. The fraction of sp³-hybridized carbons (Fsp3) is 0.0370. The number of hydrogen-bond donors (Lipinski definition) is 1. The number of methoxy groups -OCH3 is 1. The van der Waals surface area contributed by atoms with Crippen molar-refractivity contribution in [1.29, 1.82) is 0 Å². The third kappa shape index (κ3) is 4.36. The van der Waals surface area contributed by atoms with Crippen LogP contribution in [0.5, 0.6) is 5.75 Å². The van der Waals surface area contributed by atoms with Crippen molar-refractivity contribution in [2.75, 3.05) is 12.4 Å². The third-order valence-corrected chi connectivity index (χ3v) is 5.83. The predicted octanol–water partition coefficient (Wildman–Crippen LogP) is 7.62. The van der Waals surface area contributed by atoms with Gasteiger partial charge in [-0.3, -0.25) is 4.79 Å². The molecule has 0 spiro atoms. The average molecular weight is 489 g/mol. The number of carbonyl (C=O) groups excluding carboxylic acids is 1. The lowest BCUT2D eigenvalue weighted by Crippen LogP contribution is -2.07. The van der Waals surface area contributed by atoms with Crippen LogP contribution in [0.15, 0.2) is 83.3 Å². The van der Waals surface area contributed by atoms with E-state index in [0.29, 0.717) is 44.0 Å². The van der Waals surface area contributed by atoms with Crippen molar-refractivity contribution in [1.82, 2.24) is 4.98 Å². The van der Waals surface area contributed by atoms with Crippen molar-refractivity contribution < 1.29 is 13.9 Å². The first-order valence-electron chi connectivity index (χ1n) is 10.4. The number of fused-ring (bicyclic) bond motifs is 2. The van der Waals surface area contributed by atoms with Crippen LogP contribution in [-0.4, -0.2) is 18.0 Å². The minimum absolute atomic E-state index is 0.324. The fourth-order valence-corrected chi connectivity index (χ4v) is 4.39. The van der Waals surface area contributed by atoms with E-state index in [-0.39, 0.29) is 5.91 Å². The van der Waals surface area contributed by atoms with E-state index in [4.69, 9.17) is 32.4 Å². The van der Waals surface area contributed by atoms with Crippen LogP contribution in [0.1, 0.15) is 5.56 Å². The Morgan fingerprint density at radius 1 is 1.03 bits per heavy atom. The van der Waals surface area contributed by atoms with Crippen LogP contribution in [0.3, 0.4) is 0 Å². The molecule has 1 aromatic heterocycles. The maximum Gasteiger partial charge on any atom is 0.248 e. The van der Waals surface area contributed by atoms with Crippen LogP contribution >= 0.6 is 23.2 Å². The van der Waals surface area contributed by atoms with Crippen LogP contribution in [0.4, 0.5) is 5.69 Å². The number of hydrogen-bond acceptors (Lipinski definition) is 4. The topological polar surface area (TPSA) is 64.4 Å². The number of aromatic nitrogens is 1. The largest absolute Gasteiger partial charge is 0.495 e. The molecule has 0 unspecified atom stereocenters. The van der Waals surface area contributed by atoms with Crippen molar-refractivity contribution in [3.8, 4) is 17.2 Å². The Labute approximate surface area is 205 Å². The highest BCUT2D eigenvalue weighted by Crippen LogP contribution is 2.33. The fourth-order valence-electron chi connectivity index (χ4n) is 3.80. The van der Waals surface area contributed by atoms with Crippen LogP contribution in [0, 0.1) is 0 Å². The molecule has 34 heavy (non-hydrogen) atoms. The maximum absolute atomic E-state index is 12.5. The zero-order chi connectivity index (χ0) is 23.7. The van der Waals surface area contributed by atoms with Gasteiger partial charge >= 0.3 is 0 Å². The second-order valence-electron chi connectivity index (χ2n) is 7.56. The van der Waals surface area contributed by atoms with Crippen molar-refractivity contribution >= 4 is 62.7 Å². The summed E-state index contributed by atoms with van der Waals surface area (Å²) in [5.74, 6) is 0.649. The monoisotopic (exact) mass is 488 g/mol. The zero-order valence-corrected chi connectivity index (χ0v) is 19.5. The standard InChI is InChI=1S/C27H18Cl2N2O3/c1-33-26-17(13-18(28)14-22(26)29)9-12-25(32)30-19-10-11-24-23(15-19)31-27(34-24)21-8-4-6-16-5-2-3-7-20(16)21/h2-15H,1H3,(H,30,32)/b12-9+. The van der Waals surface area contributed by atoms with Gasteiger partial charge in [0, 0.05) is 27.9 Å². The van der Waals surface area contributed by atoms with E-state index in [1.54, 1.807) is 36.4 Å². The number of oxazole rings is 1. The summed E-state index contributed by atoms with van der Waals surface area (Å²) in [6.45, 7) is 0. The summed E-state index contributed by atoms with van der Waals surface area (Å²) in [6, 6.07) is 22.7. The van der Waals surface area contributed by atoms with Gasteiger partial charge in [-0.25, -0.2) is 4.98 Å². The Bertz CT molecular complexity index is 1570. The molecule has 5 rings (SSSR count). The molecule has 5 aromatic rings. The van der Waals surface area contributed by atoms with E-state index in [1.807, 2.05) is 30.3 Å². The van der Waals surface area contributed by atoms with Crippen LogP contribution in [0.2, 0.25) is 10.0 Å². The van der Waals surface area contributed by atoms with Crippen LogP contribution < -0.4 is 10.1 Å². The number of nitrogens with zero attached hydrogens (tertiary/aromatic N) is 1. The van der Waals surface area contributed by atoms with Crippen LogP contribution in [0.25, 0.3) is 39.4 Å². The number of amides is 1. The molecule has 168 valence electrons. The number of benzene rings is 4. The predicted molar refractivity (Wildman–Crippen MR) is 138 cm³/mol. The molecule has 0 saturated carbocycles. The van der Waals surface area contributed by atoms with Gasteiger partial charge in [-0.1, -0.05) is 59.6 Å². The average Bonchev–Trinajstić information content (AvgIpc) is 3.25. The summed E-state index contributed by atoms with van der Waals surface area (Å²) in [6.07, 6.45) is 2.98. The molecule has 0 aliphatic carbocycles. The quantitative estimate of drug-likeness (QED) is 0.258. The first-order chi connectivity index (χ1) is 16.5. The number of anilines is 1. The van der Waals surface area contributed by atoms with E-state index in [1.165, 1.54) is 13.2 Å². The van der Waals surface area contributed by atoms with Gasteiger partial charge in [0.2, 0.25) is 11.8 Å². The molecule has 1 N–H and O–H groups in total. The first-order valence-corrected chi connectivity index (χ1v) is 11.2. The highest BCUT2D eigenvalue weighted by molar-refractivity contribution is 6.36. The number of rotatable bonds is 5. The Balaban J connectivity index is 1.39. The smallest absolute Gasteiger partial charge is 0.248 e. The number of nitrogens with one attached hydrogen (secondary N) is 1. The summed E-state index contributed by atoms with van der Waals surface area (Å²) < 4.78 is 11.3. The van der Waals surface area contributed by atoms with Gasteiger partial charge in [0.1, 0.15) is 11.3 Å². The SMILES string of the molecule is COc1c(Cl)cc(Cl)cc1/C=C/C(=O)Nc1ccc2oc(-c3cccc4ccccc34)nc2c1. The normalized spacial score (nSPS) is 11.4. The second kappa shape index (κ2) is 9.21. The lowest BCUT2D eigenvalue weighted by atomic mass is 10.0. The molecule has 7 heteroatoms. The molecule has 5 nitrogen and oxygen atoms in total. The summed E-state index contributed by atoms with van der Waals surface area (Å²) >= 11 is 12.2. The molecule has 0 atom stereocenters. The van der Waals surface area contributed by atoms with Gasteiger partial charge in [-0.15, -0.1) is 0 Å². The number of ether oxygens (including phenoxy) is 1. The summed E-state index contributed by atoms with van der Waals surface area (Å²) in [5, 5.41) is 5.83. The van der Waals surface area contributed by atoms with Gasteiger partial charge in [-0.2, -0.15) is 0 Å². The minimum Gasteiger partial charge on any atom is -0.495 e. The summed E-state index contributed by atoms with van der Waals surface area (Å²) in [7, 11) is 1.51. The molecule has 1 heterocycles. The van der Waals surface area contributed by atoms with E-state index in [2.05, 4.69) is 22.4 Å². The molecule has 0 aliphatic rings. The first kappa shape index (κ1) is 22.0. The molecule has 0 bridgehead atoms. The highest BCUT2D eigenvalue weighted by atomic mass is 35.5. The second-order valence-corrected chi connectivity index (χ2v) is 8.40. The minimum atomic E-state index is -0.324. The van der Waals surface area contributed by atoms with Crippen molar-refractivity contribution in [3.63, 3.8) is 0 Å². The van der Waals surface area contributed by atoms with E-state index in [0.717, 1.165) is 16.3 Å². The lowest BCUT2D eigenvalue weighted by Gasteiger charge is -2.08. The Kier molecular flexibility index (Phi) is 5.97. The lowest BCUT2D eigenvalue weighted by molar-refractivity contribution is -0.111. The maximum atomic E-state index is 12.5. The van der Waals surface area contributed by atoms with Crippen molar-refractivity contribution in [3.05, 3.63) is 94.5 Å². The molecular formula is C27H18Cl2N2O3. The van der Waals surface area contributed by atoms with E-state index < -0.39 is 0 Å². The molecule has 0 fully saturated rings. The zero-order valence-electron chi connectivity index (χ0n) is 18.0. The van der Waals surface area contributed by atoms with Gasteiger partial charge < -0.3 is 14.5 Å². The van der Waals surface area contributed by atoms with E-state index in [9.17, 15) is 4.79 Å². The van der Waals surface area contributed by atoms with E-state index >= 15 is 0 Å². The number of carbonyl (C=O) groups is 1. The van der Waals surface area contributed by atoms with Crippen LogP contribution in [-0.2, 0) is 4.79 Å². The van der Waals surface area contributed by atoms with Gasteiger partial charge in [-0.05, 0) is 53.2 Å². The Morgan fingerprint density at radius 3 is 2.71 bits per heavy atom. The van der Waals surface area contributed by atoms with Crippen molar-refractivity contribution in [2.24, 2.45) is 0 Å². The summed E-state index contributed by atoms with van der Waals surface area (Å²) in [4.78, 5) is 17.2. The Morgan fingerprint density at radius 2 is 1.85 bits per heavy atom. The highest BCUT2D eigenvalue weighted by Gasteiger charge is 2.12. The third-order valence-electron chi connectivity index (χ3n) is 5.33. The van der Waals surface area contributed by atoms with Gasteiger partial charge in [0.05, 0.1) is 12.1 Å². The molecule has 0 saturated heterocycles. The molecule has 4 aromatic carbocycles. The number of halogens is 2. The van der Waals surface area contributed by atoms with Gasteiger partial charge in [0.15, 0.2) is 5.58 Å². The molecule has 0 radical (unpaired) electrons. The summed E-state index contributed by atoms with van der Waals surface area (Å²) in [5.41, 5.74) is 3.39. The molecular weight excluding hydrogens is 471 g/mol. The van der Waals surface area contributed by atoms with Gasteiger partial charge in [0.25, 0.3) is 0 Å². The molecule has 1 amide bonds. The van der Waals surface area contributed by atoms with Crippen molar-refractivity contribution in [2.45, 2.75) is 0 Å².